The molecule has 0 spiro atoms. The van der Waals surface area contributed by atoms with Crippen molar-refractivity contribution in [2.45, 2.75) is 0 Å². The van der Waals surface area contributed by atoms with Crippen molar-refractivity contribution in [2.24, 2.45) is 0 Å². The number of carbonyl (C=O) groups is 1. The van der Waals surface area contributed by atoms with E-state index in [1.165, 1.54) is 18.7 Å². The van der Waals surface area contributed by atoms with Crippen molar-refractivity contribution in [1.29, 1.82) is 0 Å². The summed E-state index contributed by atoms with van der Waals surface area (Å²) in [7, 11) is 0. The molecule has 108 valence electrons. The van der Waals surface area contributed by atoms with Crippen molar-refractivity contribution < 1.29 is 4.79 Å². The van der Waals surface area contributed by atoms with Gasteiger partial charge in [-0.15, -0.1) is 0 Å². The molecule has 22 heavy (non-hydrogen) atoms. The van der Waals surface area contributed by atoms with Gasteiger partial charge >= 0.3 is 0 Å². The average Bonchev–Trinajstić information content (AvgIpc) is 2.57. The fraction of sp³-hybridized carbons (Fsp3) is 0. The van der Waals surface area contributed by atoms with Crippen LogP contribution in [0.2, 0.25) is 5.02 Å². The molecule has 0 bridgehead atoms. The summed E-state index contributed by atoms with van der Waals surface area (Å²) in [6, 6.07) is 11.1. The van der Waals surface area contributed by atoms with Crippen LogP contribution in [0.5, 0.6) is 0 Å². The van der Waals surface area contributed by atoms with E-state index in [-0.39, 0.29) is 5.91 Å². The molecule has 5 nitrogen and oxygen atoms in total. The molecule has 3 aromatic rings. The third-order valence-corrected chi connectivity index (χ3v) is 3.26. The standard InChI is InChI=1S/C16H11ClN4O/c17-14-4-1-11(2-5-14)12-3-6-15(20-9-12)21-16(22)13-7-18-10-19-8-13/h1-10H,(H,20,21,22). The summed E-state index contributed by atoms with van der Waals surface area (Å²) in [5.41, 5.74) is 2.33. The minimum atomic E-state index is -0.299. The van der Waals surface area contributed by atoms with Crippen molar-refractivity contribution >= 4 is 23.3 Å². The molecular formula is C16H11ClN4O. The number of benzene rings is 1. The van der Waals surface area contributed by atoms with E-state index in [9.17, 15) is 4.79 Å². The van der Waals surface area contributed by atoms with Crippen molar-refractivity contribution in [3.63, 3.8) is 0 Å². The number of amides is 1. The summed E-state index contributed by atoms with van der Waals surface area (Å²) in [5, 5.41) is 3.38. The lowest BCUT2D eigenvalue weighted by Gasteiger charge is -2.05. The Balaban J connectivity index is 1.74. The first kappa shape index (κ1) is 14.2. The lowest BCUT2D eigenvalue weighted by molar-refractivity contribution is 0.102. The van der Waals surface area contributed by atoms with Gasteiger partial charge in [0.15, 0.2) is 0 Å². The summed E-state index contributed by atoms with van der Waals surface area (Å²) < 4.78 is 0. The summed E-state index contributed by atoms with van der Waals surface area (Å²) >= 11 is 5.87. The largest absolute Gasteiger partial charge is 0.306 e. The van der Waals surface area contributed by atoms with Crippen LogP contribution in [0.4, 0.5) is 5.82 Å². The van der Waals surface area contributed by atoms with E-state index in [2.05, 4.69) is 20.3 Å². The fourth-order valence-corrected chi connectivity index (χ4v) is 2.01. The molecule has 0 aliphatic rings. The van der Waals surface area contributed by atoms with Gasteiger partial charge in [0.1, 0.15) is 12.1 Å². The van der Waals surface area contributed by atoms with Crippen LogP contribution in [-0.4, -0.2) is 20.9 Å². The Kier molecular flexibility index (Phi) is 4.07. The molecule has 0 aliphatic heterocycles. The van der Waals surface area contributed by atoms with Gasteiger partial charge in [-0.1, -0.05) is 23.7 Å². The highest BCUT2D eigenvalue weighted by molar-refractivity contribution is 6.30. The molecule has 0 atom stereocenters. The summed E-state index contributed by atoms with van der Waals surface area (Å²) in [5.74, 6) is 0.166. The summed E-state index contributed by atoms with van der Waals surface area (Å²) in [4.78, 5) is 23.8. The Morgan fingerprint density at radius 2 is 1.59 bits per heavy atom. The molecule has 0 fully saturated rings. The first-order chi connectivity index (χ1) is 10.7. The minimum Gasteiger partial charge on any atom is -0.306 e. The van der Waals surface area contributed by atoms with Gasteiger partial charge in [0.05, 0.1) is 5.56 Å². The Bertz CT molecular complexity index is 774. The van der Waals surface area contributed by atoms with Gasteiger partial charge in [-0.25, -0.2) is 15.0 Å². The zero-order valence-electron chi connectivity index (χ0n) is 11.4. The quantitative estimate of drug-likeness (QED) is 0.804. The van der Waals surface area contributed by atoms with Gasteiger partial charge in [-0.3, -0.25) is 4.79 Å². The Hall–Kier alpha value is -2.79. The fourth-order valence-electron chi connectivity index (χ4n) is 1.89. The number of nitrogens with zero attached hydrogens (tertiary/aromatic N) is 3. The van der Waals surface area contributed by atoms with Crippen molar-refractivity contribution in [3.05, 3.63) is 71.9 Å². The number of hydrogen-bond donors (Lipinski definition) is 1. The second-order valence-electron chi connectivity index (χ2n) is 4.52. The van der Waals surface area contributed by atoms with E-state index in [0.717, 1.165) is 11.1 Å². The van der Waals surface area contributed by atoms with E-state index >= 15 is 0 Å². The molecule has 0 radical (unpaired) electrons. The van der Waals surface area contributed by atoms with Gasteiger partial charge in [0.2, 0.25) is 0 Å². The minimum absolute atomic E-state index is 0.299. The highest BCUT2D eigenvalue weighted by atomic mass is 35.5. The lowest BCUT2D eigenvalue weighted by Crippen LogP contribution is -2.13. The van der Waals surface area contributed by atoms with Crippen LogP contribution in [0.1, 0.15) is 10.4 Å². The normalized spacial score (nSPS) is 10.2. The highest BCUT2D eigenvalue weighted by Crippen LogP contribution is 2.21. The molecular weight excluding hydrogens is 300 g/mol. The molecule has 0 saturated carbocycles. The third-order valence-electron chi connectivity index (χ3n) is 3.01. The average molecular weight is 311 g/mol. The Morgan fingerprint density at radius 1 is 0.909 bits per heavy atom. The Labute approximate surface area is 132 Å². The molecule has 6 heteroatoms. The topological polar surface area (TPSA) is 67.8 Å². The second-order valence-corrected chi connectivity index (χ2v) is 4.96. The van der Waals surface area contributed by atoms with E-state index in [1.807, 2.05) is 30.3 Å². The van der Waals surface area contributed by atoms with Crippen LogP contribution in [-0.2, 0) is 0 Å². The first-order valence-electron chi connectivity index (χ1n) is 6.51. The zero-order valence-corrected chi connectivity index (χ0v) is 12.2. The number of carbonyl (C=O) groups excluding carboxylic acids is 1. The van der Waals surface area contributed by atoms with Crippen LogP contribution >= 0.6 is 11.6 Å². The number of hydrogen-bond acceptors (Lipinski definition) is 4. The molecule has 1 aromatic carbocycles. The number of aromatic nitrogens is 3. The van der Waals surface area contributed by atoms with E-state index < -0.39 is 0 Å². The molecule has 0 saturated heterocycles. The molecule has 0 unspecified atom stereocenters. The number of halogens is 1. The van der Waals surface area contributed by atoms with E-state index in [0.29, 0.717) is 16.4 Å². The van der Waals surface area contributed by atoms with Crippen LogP contribution in [0.3, 0.4) is 0 Å². The smallest absolute Gasteiger partial charge is 0.259 e. The maximum Gasteiger partial charge on any atom is 0.259 e. The highest BCUT2D eigenvalue weighted by Gasteiger charge is 2.07. The van der Waals surface area contributed by atoms with Gasteiger partial charge in [-0.05, 0) is 29.8 Å². The zero-order chi connectivity index (χ0) is 15.4. The first-order valence-corrected chi connectivity index (χ1v) is 6.88. The maximum absolute atomic E-state index is 12.0. The Morgan fingerprint density at radius 3 is 2.23 bits per heavy atom. The summed E-state index contributed by atoms with van der Waals surface area (Å²) in [6.07, 6.45) is 5.96. The maximum atomic E-state index is 12.0. The van der Waals surface area contributed by atoms with Gasteiger partial charge in [0.25, 0.3) is 5.91 Å². The number of rotatable bonds is 3. The van der Waals surface area contributed by atoms with Gasteiger partial charge < -0.3 is 5.32 Å². The number of nitrogens with one attached hydrogen (secondary N) is 1. The van der Waals surface area contributed by atoms with Crippen LogP contribution in [0.25, 0.3) is 11.1 Å². The van der Waals surface area contributed by atoms with Crippen molar-refractivity contribution in [3.8, 4) is 11.1 Å². The van der Waals surface area contributed by atoms with Crippen LogP contribution < -0.4 is 5.32 Å². The molecule has 0 aliphatic carbocycles. The molecule has 3 rings (SSSR count). The van der Waals surface area contributed by atoms with Crippen LogP contribution in [0, 0.1) is 0 Å². The van der Waals surface area contributed by atoms with E-state index in [4.69, 9.17) is 11.6 Å². The predicted octanol–water partition coefficient (Wildman–Crippen LogP) is 3.44. The molecule has 1 amide bonds. The molecule has 2 aromatic heterocycles. The van der Waals surface area contributed by atoms with Gasteiger partial charge in [0, 0.05) is 29.2 Å². The number of pyridine rings is 1. The summed E-state index contributed by atoms with van der Waals surface area (Å²) in [6.45, 7) is 0. The van der Waals surface area contributed by atoms with E-state index in [1.54, 1.807) is 12.3 Å². The second kappa shape index (κ2) is 6.32. The SMILES string of the molecule is O=C(Nc1ccc(-c2ccc(Cl)cc2)cn1)c1cncnc1. The predicted molar refractivity (Wildman–Crippen MR) is 84.7 cm³/mol. The van der Waals surface area contributed by atoms with Crippen molar-refractivity contribution in [2.75, 3.05) is 5.32 Å². The molecule has 2 heterocycles. The lowest BCUT2D eigenvalue weighted by atomic mass is 10.1. The van der Waals surface area contributed by atoms with Crippen LogP contribution in [0.15, 0.2) is 61.3 Å². The molecule has 1 N–H and O–H groups in total. The van der Waals surface area contributed by atoms with Gasteiger partial charge in [-0.2, -0.15) is 0 Å². The monoisotopic (exact) mass is 310 g/mol. The third kappa shape index (κ3) is 3.27. The number of anilines is 1. The van der Waals surface area contributed by atoms with Crippen molar-refractivity contribution in [1.82, 2.24) is 15.0 Å².